The van der Waals surface area contributed by atoms with Crippen molar-refractivity contribution in [3.63, 3.8) is 0 Å². The van der Waals surface area contributed by atoms with Crippen LogP contribution in [-0.2, 0) is 6.42 Å². The summed E-state index contributed by atoms with van der Waals surface area (Å²) in [6.07, 6.45) is 5.34. The summed E-state index contributed by atoms with van der Waals surface area (Å²) in [6, 6.07) is 7.05. The summed E-state index contributed by atoms with van der Waals surface area (Å²) < 4.78 is 1.76. The van der Waals surface area contributed by atoms with Gasteiger partial charge < -0.3 is 5.11 Å². The maximum absolute atomic E-state index is 9.71. The Labute approximate surface area is 142 Å². The van der Waals surface area contributed by atoms with Crippen LogP contribution in [-0.4, -0.2) is 24.7 Å². The number of thiophene rings is 1. The lowest BCUT2D eigenvalue weighted by molar-refractivity contribution is 0.475. The van der Waals surface area contributed by atoms with E-state index in [9.17, 15) is 5.11 Å². The number of hydrogen-bond acceptors (Lipinski definition) is 5. The minimum Gasteiger partial charge on any atom is -0.508 e. The van der Waals surface area contributed by atoms with E-state index in [1.54, 1.807) is 40.4 Å². The second-order valence-corrected chi connectivity index (χ2v) is 7.49. The van der Waals surface area contributed by atoms with Crippen LogP contribution in [0.25, 0.3) is 27.3 Å². The lowest BCUT2D eigenvalue weighted by Crippen LogP contribution is -2.04. The third kappa shape index (κ3) is 1.96. The standard InChI is InChI=1S/C18H16N4OS/c1-10-4-2-7-13-14(10)15-17-20-16(11-5-3-6-12(23)8-11)21-22(17)9-19-18(15)24-13/h3,5-6,8-10,23H,2,4,7H2,1H3/t10-/m1/s1. The van der Waals surface area contributed by atoms with Gasteiger partial charge in [0.1, 0.15) is 16.9 Å². The van der Waals surface area contributed by atoms with Gasteiger partial charge in [-0.25, -0.2) is 14.5 Å². The van der Waals surface area contributed by atoms with Crippen molar-refractivity contribution in [1.29, 1.82) is 0 Å². The van der Waals surface area contributed by atoms with Gasteiger partial charge in [-0.3, -0.25) is 0 Å². The lowest BCUT2D eigenvalue weighted by atomic mass is 9.87. The Morgan fingerprint density at radius 3 is 3.12 bits per heavy atom. The predicted molar refractivity (Wildman–Crippen MR) is 94.6 cm³/mol. The number of aryl methyl sites for hydroxylation is 1. The highest BCUT2D eigenvalue weighted by molar-refractivity contribution is 7.19. The van der Waals surface area contributed by atoms with Gasteiger partial charge in [0.05, 0.1) is 5.39 Å². The van der Waals surface area contributed by atoms with Crippen molar-refractivity contribution in [3.05, 3.63) is 41.0 Å². The van der Waals surface area contributed by atoms with E-state index in [-0.39, 0.29) is 5.75 Å². The first-order valence-electron chi connectivity index (χ1n) is 8.17. The van der Waals surface area contributed by atoms with Crippen LogP contribution in [0, 0.1) is 0 Å². The Bertz CT molecular complexity index is 1080. The average Bonchev–Trinajstić information content (AvgIpc) is 3.16. The maximum atomic E-state index is 9.71. The molecule has 3 heterocycles. The van der Waals surface area contributed by atoms with Gasteiger partial charge in [0.25, 0.3) is 0 Å². The van der Waals surface area contributed by atoms with Crippen molar-refractivity contribution in [2.45, 2.75) is 32.1 Å². The van der Waals surface area contributed by atoms with E-state index in [1.807, 2.05) is 6.07 Å². The van der Waals surface area contributed by atoms with Gasteiger partial charge in [0.15, 0.2) is 11.5 Å². The highest BCUT2D eigenvalue weighted by Crippen LogP contribution is 2.42. The van der Waals surface area contributed by atoms with Gasteiger partial charge in [-0.1, -0.05) is 19.1 Å². The number of benzene rings is 1. The number of aromatic hydroxyl groups is 1. The first kappa shape index (κ1) is 13.9. The summed E-state index contributed by atoms with van der Waals surface area (Å²) in [5.41, 5.74) is 3.09. The van der Waals surface area contributed by atoms with E-state index in [4.69, 9.17) is 4.98 Å². The van der Waals surface area contributed by atoms with Crippen LogP contribution in [0.1, 0.15) is 36.1 Å². The number of aromatic nitrogens is 4. The molecule has 6 heteroatoms. The monoisotopic (exact) mass is 336 g/mol. The van der Waals surface area contributed by atoms with Gasteiger partial charge in [-0.2, -0.15) is 0 Å². The third-order valence-corrected chi connectivity index (χ3v) is 5.95. The fourth-order valence-electron chi connectivity index (χ4n) is 3.65. The molecule has 0 unspecified atom stereocenters. The van der Waals surface area contributed by atoms with Crippen LogP contribution in [0.5, 0.6) is 5.75 Å². The summed E-state index contributed by atoms with van der Waals surface area (Å²) in [5, 5.41) is 15.4. The first-order valence-corrected chi connectivity index (χ1v) is 8.98. The van der Waals surface area contributed by atoms with Crippen molar-refractivity contribution in [3.8, 4) is 17.1 Å². The largest absolute Gasteiger partial charge is 0.508 e. The molecule has 1 N–H and O–H groups in total. The molecule has 0 fully saturated rings. The van der Waals surface area contributed by atoms with Crippen LogP contribution >= 0.6 is 11.3 Å². The Hall–Kier alpha value is -2.47. The van der Waals surface area contributed by atoms with E-state index >= 15 is 0 Å². The number of phenolic OH excluding ortho intramolecular Hbond substituents is 1. The van der Waals surface area contributed by atoms with Gasteiger partial charge in [-0.15, -0.1) is 16.4 Å². The number of fused-ring (bicyclic) bond motifs is 5. The summed E-state index contributed by atoms with van der Waals surface area (Å²) in [6.45, 7) is 2.29. The Kier molecular flexibility index (Phi) is 2.91. The minimum absolute atomic E-state index is 0.219. The number of phenols is 1. The van der Waals surface area contributed by atoms with Crippen molar-refractivity contribution >= 4 is 27.2 Å². The average molecular weight is 336 g/mol. The molecular weight excluding hydrogens is 320 g/mol. The molecule has 0 radical (unpaired) electrons. The third-order valence-electron chi connectivity index (χ3n) is 4.78. The molecule has 0 saturated carbocycles. The van der Waals surface area contributed by atoms with Gasteiger partial charge in [-0.05, 0) is 42.9 Å². The normalized spacial score (nSPS) is 17.5. The summed E-state index contributed by atoms with van der Waals surface area (Å²) in [4.78, 5) is 11.9. The van der Waals surface area contributed by atoms with Crippen molar-refractivity contribution in [2.24, 2.45) is 0 Å². The molecule has 5 rings (SSSR count). The Morgan fingerprint density at radius 2 is 2.25 bits per heavy atom. The molecule has 0 amide bonds. The van der Waals surface area contributed by atoms with Crippen LogP contribution in [0.15, 0.2) is 30.6 Å². The lowest BCUT2D eigenvalue weighted by Gasteiger charge is -2.18. The van der Waals surface area contributed by atoms with Crippen molar-refractivity contribution in [2.75, 3.05) is 0 Å². The number of hydrogen-bond donors (Lipinski definition) is 1. The second-order valence-electron chi connectivity index (χ2n) is 6.41. The van der Waals surface area contributed by atoms with Crippen molar-refractivity contribution < 1.29 is 5.11 Å². The van der Waals surface area contributed by atoms with Crippen LogP contribution < -0.4 is 0 Å². The number of rotatable bonds is 1. The van der Waals surface area contributed by atoms with Crippen LogP contribution in [0.3, 0.4) is 0 Å². The van der Waals surface area contributed by atoms with Crippen LogP contribution in [0.2, 0.25) is 0 Å². The zero-order chi connectivity index (χ0) is 16.3. The van der Waals surface area contributed by atoms with E-state index in [1.165, 1.54) is 23.3 Å². The molecule has 0 bridgehead atoms. The molecule has 1 aromatic carbocycles. The molecule has 0 saturated heterocycles. The van der Waals surface area contributed by atoms with Gasteiger partial charge in [0, 0.05) is 10.4 Å². The van der Waals surface area contributed by atoms with E-state index in [0.29, 0.717) is 11.7 Å². The fraction of sp³-hybridized carbons (Fsp3) is 0.278. The van der Waals surface area contributed by atoms with E-state index < -0.39 is 0 Å². The SMILES string of the molecule is C[C@@H]1CCCc2sc3ncn4nc(-c5cccc(O)c5)nc4c3c21. The summed E-state index contributed by atoms with van der Waals surface area (Å²) in [7, 11) is 0. The highest BCUT2D eigenvalue weighted by atomic mass is 32.1. The van der Waals surface area contributed by atoms with E-state index in [2.05, 4.69) is 17.0 Å². The second kappa shape index (κ2) is 5.01. The predicted octanol–water partition coefficient (Wildman–Crippen LogP) is 4.15. The first-order chi connectivity index (χ1) is 11.7. The zero-order valence-electron chi connectivity index (χ0n) is 13.2. The van der Waals surface area contributed by atoms with Gasteiger partial charge in [0.2, 0.25) is 0 Å². The summed E-state index contributed by atoms with van der Waals surface area (Å²) >= 11 is 1.79. The Morgan fingerprint density at radius 1 is 1.33 bits per heavy atom. The topological polar surface area (TPSA) is 63.3 Å². The number of nitrogens with zero attached hydrogens (tertiary/aromatic N) is 4. The molecule has 0 spiro atoms. The smallest absolute Gasteiger partial charge is 0.182 e. The molecule has 0 aliphatic heterocycles. The molecule has 24 heavy (non-hydrogen) atoms. The molecule has 1 atom stereocenters. The quantitative estimate of drug-likeness (QED) is 0.567. The molecule has 3 aromatic heterocycles. The maximum Gasteiger partial charge on any atom is 0.182 e. The molecule has 5 nitrogen and oxygen atoms in total. The summed E-state index contributed by atoms with van der Waals surface area (Å²) in [5.74, 6) is 1.37. The minimum atomic E-state index is 0.219. The zero-order valence-corrected chi connectivity index (χ0v) is 14.0. The highest BCUT2D eigenvalue weighted by Gasteiger charge is 2.25. The molecular formula is C18H16N4OS. The molecule has 4 aromatic rings. The Balaban J connectivity index is 1.80. The van der Waals surface area contributed by atoms with Crippen LogP contribution in [0.4, 0.5) is 0 Å². The molecule has 120 valence electrons. The molecule has 1 aliphatic carbocycles. The fourth-order valence-corrected chi connectivity index (χ4v) is 4.95. The van der Waals surface area contributed by atoms with E-state index in [0.717, 1.165) is 27.8 Å². The van der Waals surface area contributed by atoms with Crippen molar-refractivity contribution in [1.82, 2.24) is 19.6 Å². The van der Waals surface area contributed by atoms with Gasteiger partial charge >= 0.3 is 0 Å². The molecule has 1 aliphatic rings.